The summed E-state index contributed by atoms with van der Waals surface area (Å²) in [6.45, 7) is 1.48. The Morgan fingerprint density at radius 3 is 2.78 bits per heavy atom. The first-order valence-corrected chi connectivity index (χ1v) is 6.89. The van der Waals surface area contributed by atoms with Gasteiger partial charge in [-0.1, -0.05) is 0 Å². The van der Waals surface area contributed by atoms with Crippen LogP contribution in [-0.4, -0.2) is 24.0 Å². The zero-order valence-corrected chi connectivity index (χ0v) is 10.8. The molecule has 0 radical (unpaired) electrons. The number of carbonyl (C=O) groups excluding carboxylic acids is 1. The first-order chi connectivity index (χ1) is 8.79. The van der Waals surface area contributed by atoms with Crippen LogP contribution in [0.2, 0.25) is 0 Å². The lowest BCUT2D eigenvalue weighted by molar-refractivity contribution is -0.126. The maximum absolute atomic E-state index is 12.0. The molecule has 0 spiro atoms. The smallest absolute Gasteiger partial charge is 0.223 e. The molecule has 4 heteroatoms. The third kappa shape index (κ3) is 3.60. The van der Waals surface area contributed by atoms with Crippen LogP contribution in [0.5, 0.6) is 0 Å². The summed E-state index contributed by atoms with van der Waals surface area (Å²) in [5, 5.41) is 3.03. The van der Waals surface area contributed by atoms with Crippen molar-refractivity contribution in [3.63, 3.8) is 0 Å². The molecule has 0 atom stereocenters. The minimum Gasteiger partial charge on any atom is -0.365 e. The van der Waals surface area contributed by atoms with Crippen LogP contribution in [0.15, 0.2) is 18.3 Å². The van der Waals surface area contributed by atoms with Gasteiger partial charge >= 0.3 is 0 Å². The summed E-state index contributed by atoms with van der Waals surface area (Å²) in [5.74, 6) is 1.06. The zero-order valence-electron chi connectivity index (χ0n) is 10.8. The lowest BCUT2D eigenvalue weighted by Gasteiger charge is -2.26. The van der Waals surface area contributed by atoms with Gasteiger partial charge in [0.15, 0.2) is 0 Å². The maximum atomic E-state index is 12.0. The number of carbonyl (C=O) groups is 1. The van der Waals surface area contributed by atoms with Gasteiger partial charge in [-0.15, -0.1) is 0 Å². The Labute approximate surface area is 108 Å². The van der Waals surface area contributed by atoms with Crippen molar-refractivity contribution in [2.24, 2.45) is 17.6 Å². The summed E-state index contributed by atoms with van der Waals surface area (Å²) >= 11 is 0. The number of aromatic amines is 1. The molecule has 0 unspecified atom stereocenters. The van der Waals surface area contributed by atoms with Crippen molar-refractivity contribution in [3.05, 3.63) is 24.0 Å². The second-order valence-electron chi connectivity index (χ2n) is 5.19. The van der Waals surface area contributed by atoms with E-state index in [1.165, 1.54) is 5.69 Å². The molecule has 4 N–H and O–H groups in total. The van der Waals surface area contributed by atoms with E-state index in [9.17, 15) is 4.79 Å². The van der Waals surface area contributed by atoms with E-state index in [0.29, 0.717) is 5.92 Å². The predicted octanol–water partition coefficient (Wildman–Crippen LogP) is 1.44. The average molecular weight is 249 g/mol. The van der Waals surface area contributed by atoms with E-state index in [1.54, 1.807) is 0 Å². The number of nitrogens with two attached hydrogens (primary N) is 1. The van der Waals surface area contributed by atoms with Crippen molar-refractivity contribution in [2.45, 2.75) is 32.1 Å². The summed E-state index contributed by atoms with van der Waals surface area (Å²) in [6, 6.07) is 4.02. The second kappa shape index (κ2) is 6.59. The van der Waals surface area contributed by atoms with E-state index in [4.69, 9.17) is 5.73 Å². The molecule has 1 aliphatic carbocycles. The van der Waals surface area contributed by atoms with Gasteiger partial charge in [-0.25, -0.2) is 0 Å². The molecule has 1 aromatic rings. The van der Waals surface area contributed by atoms with Crippen molar-refractivity contribution < 1.29 is 4.79 Å². The fraction of sp³-hybridized carbons (Fsp3) is 0.643. The van der Waals surface area contributed by atoms with Crippen LogP contribution in [0.3, 0.4) is 0 Å². The van der Waals surface area contributed by atoms with Crippen LogP contribution in [-0.2, 0) is 11.2 Å². The van der Waals surface area contributed by atoms with Gasteiger partial charge in [-0.2, -0.15) is 0 Å². The molecule has 4 nitrogen and oxygen atoms in total. The predicted molar refractivity (Wildman–Crippen MR) is 72.0 cm³/mol. The molecule has 1 saturated carbocycles. The largest absolute Gasteiger partial charge is 0.365 e. The number of rotatable bonds is 5. The summed E-state index contributed by atoms with van der Waals surface area (Å²) in [4.78, 5) is 15.1. The fourth-order valence-electron chi connectivity index (χ4n) is 2.65. The molecular formula is C14H23N3O. The second-order valence-corrected chi connectivity index (χ2v) is 5.19. The number of H-pyrrole nitrogens is 1. The third-order valence-electron chi connectivity index (χ3n) is 3.91. The maximum Gasteiger partial charge on any atom is 0.223 e. The molecule has 1 fully saturated rings. The Hall–Kier alpha value is -1.29. The molecule has 18 heavy (non-hydrogen) atoms. The highest BCUT2D eigenvalue weighted by molar-refractivity contribution is 5.78. The first kappa shape index (κ1) is 13.1. The number of aromatic nitrogens is 1. The minimum absolute atomic E-state index is 0.205. The molecule has 1 aromatic heterocycles. The first-order valence-electron chi connectivity index (χ1n) is 6.89. The zero-order chi connectivity index (χ0) is 12.8. The van der Waals surface area contributed by atoms with Crippen LogP contribution >= 0.6 is 0 Å². The van der Waals surface area contributed by atoms with Gasteiger partial charge in [0, 0.05) is 30.8 Å². The Kier molecular flexibility index (Phi) is 4.81. The highest BCUT2D eigenvalue weighted by Gasteiger charge is 2.25. The average Bonchev–Trinajstić information content (AvgIpc) is 2.92. The lowest BCUT2D eigenvalue weighted by Crippen LogP contribution is -2.35. The van der Waals surface area contributed by atoms with E-state index < -0.39 is 0 Å². The van der Waals surface area contributed by atoms with Crippen LogP contribution in [0.25, 0.3) is 0 Å². The molecule has 0 saturated heterocycles. The number of nitrogens with one attached hydrogen (secondary N) is 2. The van der Waals surface area contributed by atoms with Crippen LogP contribution < -0.4 is 11.1 Å². The van der Waals surface area contributed by atoms with Gasteiger partial charge in [-0.3, -0.25) is 4.79 Å². The number of amides is 1. The minimum atomic E-state index is 0.205. The fourth-order valence-corrected chi connectivity index (χ4v) is 2.65. The summed E-state index contributed by atoms with van der Waals surface area (Å²) in [6.07, 6.45) is 6.98. The summed E-state index contributed by atoms with van der Waals surface area (Å²) < 4.78 is 0. The van der Waals surface area contributed by atoms with Crippen molar-refractivity contribution in [1.82, 2.24) is 10.3 Å². The van der Waals surface area contributed by atoms with Crippen molar-refractivity contribution in [3.8, 4) is 0 Å². The lowest BCUT2D eigenvalue weighted by atomic mass is 9.81. The van der Waals surface area contributed by atoms with Crippen LogP contribution in [0, 0.1) is 11.8 Å². The summed E-state index contributed by atoms with van der Waals surface area (Å²) in [5.41, 5.74) is 6.82. The van der Waals surface area contributed by atoms with Crippen LogP contribution in [0.1, 0.15) is 31.4 Å². The van der Waals surface area contributed by atoms with Crippen molar-refractivity contribution >= 4 is 5.91 Å². The standard InChI is InChI=1S/C14H23N3O/c15-10-11-3-5-12(6-4-11)14(18)17-9-7-13-2-1-8-16-13/h1-2,8,11-12,16H,3-7,9-10,15H2,(H,17,18). The molecule has 2 rings (SSSR count). The molecule has 0 aromatic carbocycles. The molecular weight excluding hydrogens is 226 g/mol. The van der Waals surface area contributed by atoms with Gasteiger partial charge < -0.3 is 16.0 Å². The Bertz CT molecular complexity index is 353. The highest BCUT2D eigenvalue weighted by Crippen LogP contribution is 2.28. The Morgan fingerprint density at radius 2 is 2.17 bits per heavy atom. The van der Waals surface area contributed by atoms with Crippen molar-refractivity contribution in [2.75, 3.05) is 13.1 Å². The topological polar surface area (TPSA) is 70.9 Å². The molecule has 1 heterocycles. The van der Waals surface area contributed by atoms with Gasteiger partial charge in [0.1, 0.15) is 0 Å². The molecule has 0 bridgehead atoms. The number of hydrogen-bond donors (Lipinski definition) is 3. The summed E-state index contributed by atoms with van der Waals surface area (Å²) in [7, 11) is 0. The SMILES string of the molecule is NCC1CCC(C(=O)NCCc2ccc[nH]2)CC1. The van der Waals surface area contributed by atoms with Crippen LogP contribution in [0.4, 0.5) is 0 Å². The van der Waals surface area contributed by atoms with E-state index in [1.807, 2.05) is 18.3 Å². The van der Waals surface area contributed by atoms with Gasteiger partial charge in [-0.05, 0) is 50.3 Å². The van der Waals surface area contributed by atoms with E-state index in [2.05, 4.69) is 10.3 Å². The van der Waals surface area contributed by atoms with Crippen molar-refractivity contribution in [1.29, 1.82) is 0 Å². The van der Waals surface area contributed by atoms with Gasteiger partial charge in [0.25, 0.3) is 0 Å². The number of hydrogen-bond acceptors (Lipinski definition) is 2. The Balaban J connectivity index is 1.66. The third-order valence-corrected chi connectivity index (χ3v) is 3.91. The van der Waals surface area contributed by atoms with Gasteiger partial charge in [0.05, 0.1) is 0 Å². The Morgan fingerprint density at radius 1 is 1.39 bits per heavy atom. The molecule has 100 valence electrons. The molecule has 1 aliphatic rings. The van der Waals surface area contributed by atoms with E-state index in [-0.39, 0.29) is 11.8 Å². The molecule has 0 aliphatic heterocycles. The van der Waals surface area contributed by atoms with Gasteiger partial charge in [0.2, 0.25) is 5.91 Å². The van der Waals surface area contributed by atoms with E-state index in [0.717, 1.165) is 45.2 Å². The monoisotopic (exact) mass is 249 g/mol. The molecule has 1 amide bonds. The normalized spacial score (nSPS) is 23.8. The quantitative estimate of drug-likeness (QED) is 0.739. The highest BCUT2D eigenvalue weighted by atomic mass is 16.1. The van der Waals surface area contributed by atoms with E-state index >= 15 is 0 Å².